The Morgan fingerprint density at radius 3 is 1.64 bits per heavy atom. The van der Waals surface area contributed by atoms with Crippen LogP contribution in [0.5, 0.6) is 0 Å². The third-order valence-corrected chi connectivity index (χ3v) is 7.98. The van der Waals surface area contributed by atoms with Crippen LogP contribution >= 0.6 is 31.9 Å². The van der Waals surface area contributed by atoms with Gasteiger partial charge in [-0.05, 0) is 25.3 Å². The Labute approximate surface area is 272 Å². The molecule has 3 saturated heterocycles. The molecule has 3 heterocycles. The molecule has 0 aromatic heterocycles. The van der Waals surface area contributed by atoms with Gasteiger partial charge in [-0.1, -0.05) is 45.7 Å². The van der Waals surface area contributed by atoms with Crippen molar-refractivity contribution in [1.82, 2.24) is 20.2 Å². The summed E-state index contributed by atoms with van der Waals surface area (Å²) >= 11 is 5.89. The number of primary amides is 2. The molecule has 18 heteroatoms. The molecule has 4 atom stereocenters. The van der Waals surface area contributed by atoms with Gasteiger partial charge in [0.25, 0.3) is 11.8 Å². The molecule has 16 nitrogen and oxygen atoms in total. The van der Waals surface area contributed by atoms with Gasteiger partial charge in [0.1, 0.15) is 17.4 Å². The van der Waals surface area contributed by atoms with Crippen LogP contribution in [0.4, 0.5) is 0 Å². The predicted molar refractivity (Wildman–Crippen MR) is 163 cm³/mol. The van der Waals surface area contributed by atoms with Crippen LogP contribution in [0.3, 0.4) is 0 Å². The number of imide groups is 1. The molecule has 0 aliphatic carbocycles. The van der Waals surface area contributed by atoms with Crippen molar-refractivity contribution >= 4 is 79.2 Å². The van der Waals surface area contributed by atoms with E-state index in [-0.39, 0.29) is 53.1 Å². The average Bonchev–Trinajstić information content (AvgIpc) is 3.65. The first kappa shape index (κ1) is 38.9. The van der Waals surface area contributed by atoms with Crippen LogP contribution in [0.2, 0.25) is 0 Å². The number of halogens is 2. The normalized spacial score (nSPS) is 20.8. The fourth-order valence-electron chi connectivity index (χ4n) is 4.75. The molecule has 0 bridgehead atoms. The smallest absolute Gasteiger partial charge is 0.343 e. The maximum Gasteiger partial charge on any atom is 0.343 e. The number of nitrogens with one attached hydrogen (secondary N) is 1. The van der Waals surface area contributed by atoms with Gasteiger partial charge in [-0.3, -0.25) is 33.6 Å². The van der Waals surface area contributed by atoms with Crippen LogP contribution in [-0.2, 0) is 43.2 Å². The van der Waals surface area contributed by atoms with E-state index in [4.69, 9.17) is 17.2 Å². The van der Waals surface area contributed by atoms with Crippen molar-refractivity contribution in [3.8, 4) is 0 Å². The van der Waals surface area contributed by atoms with Gasteiger partial charge in [0, 0.05) is 51.2 Å². The Hall–Kier alpha value is -3.12. The van der Waals surface area contributed by atoms with E-state index in [2.05, 4.69) is 42.0 Å². The summed E-state index contributed by atoms with van der Waals surface area (Å²) in [5.41, 5.74) is 16.0. The van der Waals surface area contributed by atoms with E-state index in [0.717, 1.165) is 0 Å². The molecule has 0 saturated carbocycles. The standard InChI is InChI=1S/C11H18BrN3O3.C9H17N3O2.C6H6BrNO4/c1-2-8(11(13)18)15-6-7(3-10(15)17)5-14-9(16)4-12;1-2-7(9(11)14)12-5-6(4-10)3-8(12)13;7-3-6(11)12-8-4(9)1-2-5(8)10/h7-8H,2-6H2,1H3,(H2,13,18)(H,14,16);6-7H,2-5,10H2,1H3,(H2,11,14);1-3H2/t7?,8-;6?,7-;/m00./s1. The van der Waals surface area contributed by atoms with Crippen molar-refractivity contribution in [3.63, 3.8) is 0 Å². The fourth-order valence-corrected chi connectivity index (χ4v) is 5.05. The monoisotopic (exact) mass is 753 g/mol. The minimum Gasteiger partial charge on any atom is -0.368 e. The highest BCUT2D eigenvalue weighted by Gasteiger charge is 2.37. The Balaban J connectivity index is 0.000000337. The van der Waals surface area contributed by atoms with Crippen molar-refractivity contribution in [1.29, 1.82) is 0 Å². The van der Waals surface area contributed by atoms with Gasteiger partial charge < -0.3 is 37.2 Å². The minimum absolute atomic E-state index is 0.00824. The van der Waals surface area contributed by atoms with Crippen molar-refractivity contribution < 1.29 is 43.2 Å². The number of carbonyl (C=O) groups excluding carboxylic acids is 8. The molecular weight excluding hydrogens is 714 g/mol. The lowest BCUT2D eigenvalue weighted by molar-refractivity contribution is -0.195. The van der Waals surface area contributed by atoms with E-state index < -0.39 is 41.7 Å². The number of likely N-dealkylation sites (tertiary alicyclic amines) is 2. The molecule has 0 radical (unpaired) electrons. The van der Waals surface area contributed by atoms with E-state index in [1.54, 1.807) is 4.90 Å². The van der Waals surface area contributed by atoms with E-state index in [1.807, 2.05) is 13.8 Å². The number of rotatable bonds is 12. The summed E-state index contributed by atoms with van der Waals surface area (Å²) in [5, 5.41) is 3.45. The van der Waals surface area contributed by atoms with E-state index in [9.17, 15) is 38.4 Å². The summed E-state index contributed by atoms with van der Waals surface area (Å²) in [7, 11) is 0. The molecule has 3 aliphatic heterocycles. The average molecular weight is 755 g/mol. The number of hydrogen-bond donors (Lipinski definition) is 4. The van der Waals surface area contributed by atoms with Crippen LogP contribution < -0.4 is 22.5 Å². The Bertz CT molecular complexity index is 1080. The maximum atomic E-state index is 11.8. The van der Waals surface area contributed by atoms with Crippen molar-refractivity contribution in [2.45, 2.75) is 64.5 Å². The SMILES string of the molecule is CC[C@@H](C(N)=O)N1CC(CN)CC1=O.CC[C@@H](C(N)=O)N1CC(CNC(=O)CBr)CC1=O.O=C(CBr)ON1C(=O)CCC1=O. The van der Waals surface area contributed by atoms with Gasteiger partial charge >= 0.3 is 5.97 Å². The number of nitrogens with two attached hydrogens (primary N) is 3. The summed E-state index contributed by atoms with van der Waals surface area (Å²) in [4.78, 5) is 96.6. The van der Waals surface area contributed by atoms with Crippen LogP contribution in [0, 0.1) is 11.8 Å². The first-order valence-corrected chi connectivity index (χ1v) is 16.3. The predicted octanol–water partition coefficient (Wildman–Crippen LogP) is -1.34. The molecule has 3 rings (SSSR count). The molecule has 0 aromatic carbocycles. The lowest BCUT2D eigenvalue weighted by Crippen LogP contribution is -2.45. The molecule has 3 fully saturated rings. The molecule has 7 N–H and O–H groups in total. The summed E-state index contributed by atoms with van der Waals surface area (Å²) in [6, 6.07) is -0.992. The second-order valence-electron chi connectivity index (χ2n) is 10.2. The highest BCUT2D eigenvalue weighted by Crippen LogP contribution is 2.21. The Morgan fingerprint density at radius 2 is 1.27 bits per heavy atom. The van der Waals surface area contributed by atoms with E-state index >= 15 is 0 Å². The van der Waals surface area contributed by atoms with Crippen LogP contribution in [0.15, 0.2) is 0 Å². The van der Waals surface area contributed by atoms with E-state index in [0.29, 0.717) is 56.9 Å². The Morgan fingerprint density at radius 1 is 0.818 bits per heavy atom. The Kier molecular flexibility index (Phi) is 17.1. The number of alkyl halides is 2. The third-order valence-electron chi connectivity index (χ3n) is 7.01. The number of nitrogens with zero attached hydrogens (tertiary/aromatic N) is 3. The second kappa shape index (κ2) is 19.3. The first-order chi connectivity index (χ1) is 20.7. The summed E-state index contributed by atoms with van der Waals surface area (Å²) < 4.78 is 0. The van der Waals surface area contributed by atoms with Crippen LogP contribution in [0.1, 0.15) is 52.4 Å². The summed E-state index contributed by atoms with van der Waals surface area (Å²) in [5.74, 6) is -2.45. The quantitative estimate of drug-likeness (QED) is 0.135. The zero-order valence-electron chi connectivity index (χ0n) is 24.8. The number of hydroxylamine groups is 2. The molecule has 0 aromatic rings. The topological polar surface area (TPSA) is 246 Å². The van der Waals surface area contributed by atoms with Gasteiger partial charge in [0.05, 0.1) is 5.33 Å². The summed E-state index contributed by atoms with van der Waals surface area (Å²) in [6.07, 6.45) is 2.12. The van der Waals surface area contributed by atoms with Gasteiger partial charge in [-0.15, -0.1) is 5.06 Å². The van der Waals surface area contributed by atoms with Gasteiger partial charge in [0.15, 0.2) is 0 Å². The first-order valence-electron chi connectivity index (χ1n) is 14.1. The molecule has 7 amide bonds. The van der Waals surface area contributed by atoms with Crippen molar-refractivity contribution in [3.05, 3.63) is 0 Å². The highest BCUT2D eigenvalue weighted by molar-refractivity contribution is 9.09. The number of hydrogen-bond acceptors (Lipinski definition) is 10. The van der Waals surface area contributed by atoms with Gasteiger partial charge in [0.2, 0.25) is 29.5 Å². The lowest BCUT2D eigenvalue weighted by Gasteiger charge is -2.24. The largest absolute Gasteiger partial charge is 0.368 e. The number of amides is 7. The molecule has 3 aliphatic rings. The second-order valence-corrected chi connectivity index (χ2v) is 11.4. The van der Waals surface area contributed by atoms with Crippen molar-refractivity contribution in [2.24, 2.45) is 29.0 Å². The molecular formula is C26H41Br2N7O9. The minimum atomic E-state index is -0.654. The van der Waals surface area contributed by atoms with Gasteiger partial charge in [-0.25, -0.2) is 4.79 Å². The number of carbonyl (C=O) groups is 8. The fraction of sp³-hybridized carbons (Fsp3) is 0.692. The summed E-state index contributed by atoms with van der Waals surface area (Å²) in [6.45, 7) is 5.64. The molecule has 0 spiro atoms. The highest BCUT2D eigenvalue weighted by atomic mass is 79.9. The van der Waals surface area contributed by atoms with Crippen LogP contribution in [0.25, 0.3) is 0 Å². The molecule has 44 heavy (non-hydrogen) atoms. The van der Waals surface area contributed by atoms with Crippen LogP contribution in [-0.4, -0.2) is 111 Å². The zero-order chi connectivity index (χ0) is 33.6. The maximum absolute atomic E-state index is 11.8. The molecule has 248 valence electrons. The third kappa shape index (κ3) is 11.8. The van der Waals surface area contributed by atoms with Gasteiger partial charge in [-0.2, -0.15) is 0 Å². The lowest BCUT2D eigenvalue weighted by atomic mass is 10.1. The molecule has 2 unspecified atom stereocenters. The van der Waals surface area contributed by atoms with Crippen molar-refractivity contribution in [2.75, 3.05) is 36.8 Å². The van der Waals surface area contributed by atoms with E-state index in [1.165, 1.54) is 4.90 Å². The zero-order valence-corrected chi connectivity index (χ0v) is 28.0.